The zero-order valence-electron chi connectivity index (χ0n) is 9.53. The number of thiophene rings is 1. The van der Waals surface area contributed by atoms with E-state index in [-0.39, 0.29) is 5.69 Å². The molecule has 0 radical (unpaired) electrons. The molecule has 0 aliphatic rings. The number of carbonyl (C=O) groups is 1. The van der Waals surface area contributed by atoms with Gasteiger partial charge in [0, 0.05) is 17.0 Å². The second kappa shape index (κ2) is 4.90. The first-order valence-electron chi connectivity index (χ1n) is 5.34. The molecular weight excluding hydrogens is 284 g/mol. The Morgan fingerprint density at radius 1 is 1.37 bits per heavy atom. The van der Waals surface area contributed by atoms with Crippen molar-refractivity contribution in [3.63, 3.8) is 0 Å². The fourth-order valence-corrected chi connectivity index (χ4v) is 2.93. The normalized spacial score (nSPS) is 10.7. The number of carboxylic acids is 1. The van der Waals surface area contributed by atoms with E-state index in [2.05, 4.69) is 20.3 Å². The molecule has 0 spiro atoms. The summed E-state index contributed by atoms with van der Waals surface area (Å²) in [5.74, 6) is -0.499. The maximum absolute atomic E-state index is 10.7. The number of aromatic nitrogens is 3. The lowest BCUT2D eigenvalue weighted by molar-refractivity contribution is 0.0691. The number of anilines is 1. The molecule has 0 bridgehead atoms. The van der Waals surface area contributed by atoms with Crippen molar-refractivity contribution in [3.05, 3.63) is 33.7 Å². The van der Waals surface area contributed by atoms with Gasteiger partial charge in [-0.05, 0) is 11.4 Å². The number of nitrogens with one attached hydrogen (secondary N) is 1. The summed E-state index contributed by atoms with van der Waals surface area (Å²) in [4.78, 5) is 24.1. The van der Waals surface area contributed by atoms with E-state index in [1.807, 2.05) is 11.4 Å². The number of carboxylic acid groups (broad SMARTS) is 1. The number of nitrogens with zero attached hydrogens (tertiary/aromatic N) is 3. The van der Waals surface area contributed by atoms with Gasteiger partial charge in [0.1, 0.15) is 9.84 Å². The van der Waals surface area contributed by atoms with Crippen molar-refractivity contribution >= 4 is 44.8 Å². The highest BCUT2D eigenvalue weighted by Gasteiger charge is 2.08. The molecule has 19 heavy (non-hydrogen) atoms. The summed E-state index contributed by atoms with van der Waals surface area (Å²) in [5, 5.41) is 17.0. The van der Waals surface area contributed by atoms with E-state index < -0.39 is 5.97 Å². The summed E-state index contributed by atoms with van der Waals surface area (Å²) < 4.78 is 0. The molecule has 0 aromatic carbocycles. The number of hydrogen-bond acceptors (Lipinski definition) is 7. The maximum atomic E-state index is 10.7. The Balaban J connectivity index is 1.72. The summed E-state index contributed by atoms with van der Waals surface area (Å²) in [5.41, 5.74) is 0.0661. The predicted molar refractivity (Wildman–Crippen MR) is 73.8 cm³/mol. The SMILES string of the molecule is O=C(O)c1csc(CNc2ncc3ccsc3n2)n1. The fourth-order valence-electron chi connectivity index (χ4n) is 1.49. The van der Waals surface area contributed by atoms with Crippen LogP contribution in [-0.4, -0.2) is 26.0 Å². The first-order chi connectivity index (χ1) is 9.22. The van der Waals surface area contributed by atoms with Gasteiger partial charge in [-0.15, -0.1) is 22.7 Å². The van der Waals surface area contributed by atoms with E-state index in [1.165, 1.54) is 16.7 Å². The summed E-state index contributed by atoms with van der Waals surface area (Å²) in [7, 11) is 0. The third-order valence-corrected chi connectivity index (χ3v) is 4.05. The average Bonchev–Trinajstić information content (AvgIpc) is 3.04. The summed E-state index contributed by atoms with van der Waals surface area (Å²) in [6, 6.07) is 1.96. The van der Waals surface area contributed by atoms with Gasteiger partial charge in [-0.1, -0.05) is 0 Å². The summed E-state index contributed by atoms with van der Waals surface area (Å²) in [6.07, 6.45) is 1.76. The molecule has 2 N–H and O–H groups in total. The highest BCUT2D eigenvalue weighted by atomic mass is 32.1. The van der Waals surface area contributed by atoms with Crippen LogP contribution in [0.5, 0.6) is 0 Å². The largest absolute Gasteiger partial charge is 0.476 e. The number of thiazole rings is 1. The van der Waals surface area contributed by atoms with Gasteiger partial charge < -0.3 is 10.4 Å². The topological polar surface area (TPSA) is 88.0 Å². The van der Waals surface area contributed by atoms with Crippen LogP contribution >= 0.6 is 22.7 Å². The van der Waals surface area contributed by atoms with Crippen LogP contribution in [0, 0.1) is 0 Å². The van der Waals surface area contributed by atoms with E-state index in [4.69, 9.17) is 5.11 Å². The summed E-state index contributed by atoms with van der Waals surface area (Å²) in [6.45, 7) is 0.412. The van der Waals surface area contributed by atoms with Crippen LogP contribution in [0.25, 0.3) is 10.2 Å². The van der Waals surface area contributed by atoms with Crippen LogP contribution < -0.4 is 5.32 Å². The molecule has 96 valence electrons. The first kappa shape index (κ1) is 12.0. The minimum Gasteiger partial charge on any atom is -0.476 e. The lowest BCUT2D eigenvalue weighted by Crippen LogP contribution is -2.04. The van der Waals surface area contributed by atoms with Gasteiger partial charge in [0.2, 0.25) is 5.95 Å². The monoisotopic (exact) mass is 292 g/mol. The van der Waals surface area contributed by atoms with Crippen LogP contribution in [0.3, 0.4) is 0 Å². The fraction of sp³-hybridized carbons (Fsp3) is 0.0909. The number of rotatable bonds is 4. The minimum atomic E-state index is -1.02. The van der Waals surface area contributed by atoms with Crippen molar-refractivity contribution in [1.82, 2.24) is 15.0 Å². The average molecular weight is 292 g/mol. The third kappa shape index (κ3) is 2.54. The van der Waals surface area contributed by atoms with Crippen LogP contribution in [-0.2, 0) is 6.54 Å². The molecule has 3 heterocycles. The molecule has 3 rings (SSSR count). The highest BCUT2D eigenvalue weighted by Crippen LogP contribution is 2.19. The Kier molecular flexibility index (Phi) is 3.10. The number of aromatic carboxylic acids is 1. The highest BCUT2D eigenvalue weighted by molar-refractivity contribution is 7.16. The maximum Gasteiger partial charge on any atom is 0.355 e. The van der Waals surface area contributed by atoms with Crippen molar-refractivity contribution in [2.45, 2.75) is 6.54 Å². The molecule has 0 saturated heterocycles. The second-order valence-corrected chi connectivity index (χ2v) is 5.50. The van der Waals surface area contributed by atoms with Gasteiger partial charge in [-0.2, -0.15) is 0 Å². The van der Waals surface area contributed by atoms with E-state index in [0.717, 1.165) is 10.2 Å². The molecule has 3 aromatic rings. The Hall–Kier alpha value is -2.06. The van der Waals surface area contributed by atoms with Gasteiger partial charge in [0.15, 0.2) is 5.69 Å². The van der Waals surface area contributed by atoms with Crippen molar-refractivity contribution in [1.29, 1.82) is 0 Å². The molecule has 0 atom stereocenters. The summed E-state index contributed by atoms with van der Waals surface area (Å²) >= 11 is 2.84. The zero-order valence-corrected chi connectivity index (χ0v) is 11.2. The zero-order chi connectivity index (χ0) is 13.2. The first-order valence-corrected chi connectivity index (χ1v) is 7.10. The Morgan fingerprint density at radius 2 is 2.26 bits per heavy atom. The van der Waals surface area contributed by atoms with Crippen LogP contribution in [0.1, 0.15) is 15.5 Å². The predicted octanol–water partition coefficient (Wildman–Crippen LogP) is 2.46. The molecule has 0 aliphatic carbocycles. The minimum absolute atomic E-state index is 0.0661. The van der Waals surface area contributed by atoms with E-state index in [0.29, 0.717) is 17.5 Å². The van der Waals surface area contributed by atoms with Crippen LogP contribution in [0.4, 0.5) is 5.95 Å². The van der Waals surface area contributed by atoms with Crippen molar-refractivity contribution in [2.24, 2.45) is 0 Å². The second-order valence-electron chi connectivity index (χ2n) is 3.66. The molecule has 0 unspecified atom stereocenters. The molecule has 0 saturated carbocycles. The molecular formula is C11H8N4O2S2. The van der Waals surface area contributed by atoms with E-state index in [9.17, 15) is 4.79 Å². The molecule has 0 aliphatic heterocycles. The van der Waals surface area contributed by atoms with Crippen molar-refractivity contribution in [2.75, 3.05) is 5.32 Å². The quantitative estimate of drug-likeness (QED) is 0.768. The van der Waals surface area contributed by atoms with E-state index >= 15 is 0 Å². The lowest BCUT2D eigenvalue weighted by atomic mass is 10.4. The smallest absolute Gasteiger partial charge is 0.355 e. The molecule has 3 aromatic heterocycles. The Labute approximate surface area is 115 Å². The van der Waals surface area contributed by atoms with Gasteiger partial charge in [-0.25, -0.2) is 19.7 Å². The van der Waals surface area contributed by atoms with Gasteiger partial charge in [0.05, 0.1) is 6.54 Å². The Morgan fingerprint density at radius 3 is 3.05 bits per heavy atom. The molecule has 0 fully saturated rings. The van der Waals surface area contributed by atoms with Crippen molar-refractivity contribution < 1.29 is 9.90 Å². The number of hydrogen-bond donors (Lipinski definition) is 2. The van der Waals surface area contributed by atoms with Crippen LogP contribution in [0.15, 0.2) is 23.0 Å². The van der Waals surface area contributed by atoms with Gasteiger partial charge in [-0.3, -0.25) is 0 Å². The number of fused-ring (bicyclic) bond motifs is 1. The molecule has 0 amide bonds. The lowest BCUT2D eigenvalue weighted by Gasteiger charge is -2.01. The molecule has 8 heteroatoms. The van der Waals surface area contributed by atoms with Gasteiger partial charge in [0.25, 0.3) is 0 Å². The van der Waals surface area contributed by atoms with Crippen LogP contribution in [0.2, 0.25) is 0 Å². The third-order valence-electron chi connectivity index (χ3n) is 2.38. The van der Waals surface area contributed by atoms with Gasteiger partial charge >= 0.3 is 5.97 Å². The van der Waals surface area contributed by atoms with E-state index in [1.54, 1.807) is 17.5 Å². The Bertz CT molecular complexity index is 737. The standard InChI is InChI=1S/C11H8N4O2S2/c16-10(17)7-5-19-8(14-7)4-13-11-12-3-6-1-2-18-9(6)15-11/h1-3,5H,4H2,(H,16,17)(H,12,13,15). The van der Waals surface area contributed by atoms with Crippen molar-refractivity contribution in [3.8, 4) is 0 Å². The molecule has 6 nitrogen and oxygen atoms in total.